The number of thiophene rings is 1. The molecular formula is C11H9BrO3S. The van der Waals surface area contributed by atoms with Gasteiger partial charge in [0.25, 0.3) is 0 Å². The van der Waals surface area contributed by atoms with E-state index in [0.717, 1.165) is 15.6 Å². The molecule has 2 aromatic heterocycles. The summed E-state index contributed by atoms with van der Waals surface area (Å²) < 4.78 is 11.0. The summed E-state index contributed by atoms with van der Waals surface area (Å²) in [6.45, 7) is 1.94. The molecule has 0 aromatic carbocycles. The quantitative estimate of drug-likeness (QED) is 0.791. The van der Waals surface area contributed by atoms with Crippen LogP contribution in [0.4, 0.5) is 0 Å². The highest BCUT2D eigenvalue weighted by atomic mass is 79.9. The molecule has 0 N–H and O–H groups in total. The van der Waals surface area contributed by atoms with Crippen LogP contribution in [0.3, 0.4) is 0 Å². The number of furan rings is 1. The zero-order valence-corrected chi connectivity index (χ0v) is 11.1. The summed E-state index contributed by atoms with van der Waals surface area (Å²) in [7, 11) is 1.37. The molecule has 0 aliphatic carbocycles. The molecule has 0 saturated carbocycles. The molecule has 3 nitrogen and oxygen atoms in total. The van der Waals surface area contributed by atoms with Crippen molar-refractivity contribution in [2.24, 2.45) is 0 Å². The molecule has 5 heteroatoms. The van der Waals surface area contributed by atoms with E-state index in [4.69, 9.17) is 9.15 Å². The van der Waals surface area contributed by atoms with Gasteiger partial charge in [-0.05, 0) is 39.9 Å². The second kappa shape index (κ2) is 4.43. The minimum atomic E-state index is -0.337. The van der Waals surface area contributed by atoms with Crippen molar-refractivity contribution in [3.63, 3.8) is 0 Å². The van der Waals surface area contributed by atoms with Gasteiger partial charge in [-0.1, -0.05) is 0 Å². The van der Waals surface area contributed by atoms with Crippen LogP contribution in [0.2, 0.25) is 0 Å². The lowest BCUT2D eigenvalue weighted by atomic mass is 10.1. The summed E-state index contributed by atoms with van der Waals surface area (Å²) in [6.07, 6.45) is 1.58. The fourth-order valence-electron chi connectivity index (χ4n) is 1.44. The topological polar surface area (TPSA) is 39.4 Å². The van der Waals surface area contributed by atoms with Crippen molar-refractivity contribution in [2.75, 3.05) is 7.11 Å². The van der Waals surface area contributed by atoms with E-state index < -0.39 is 0 Å². The summed E-state index contributed by atoms with van der Waals surface area (Å²) in [5, 5.41) is 1.91. The van der Waals surface area contributed by atoms with Crippen LogP contribution in [0, 0.1) is 6.92 Å². The van der Waals surface area contributed by atoms with Crippen molar-refractivity contribution >= 4 is 33.2 Å². The first kappa shape index (κ1) is 11.4. The van der Waals surface area contributed by atoms with Gasteiger partial charge in [0, 0.05) is 5.56 Å². The number of aryl methyl sites for hydroxylation is 1. The predicted molar refractivity (Wildman–Crippen MR) is 65.8 cm³/mol. The molecule has 0 spiro atoms. The molecule has 0 bridgehead atoms. The second-order valence-corrected chi connectivity index (χ2v) is 4.95. The van der Waals surface area contributed by atoms with Crippen molar-refractivity contribution < 1.29 is 13.9 Å². The Bertz CT molecular complexity index is 527. The van der Waals surface area contributed by atoms with E-state index in [2.05, 4.69) is 15.9 Å². The van der Waals surface area contributed by atoms with Gasteiger partial charge in [-0.15, -0.1) is 11.3 Å². The van der Waals surface area contributed by atoms with Crippen LogP contribution in [-0.2, 0) is 4.74 Å². The third-order valence-electron chi connectivity index (χ3n) is 2.19. The number of ether oxygens (including phenoxy) is 1. The van der Waals surface area contributed by atoms with Gasteiger partial charge in [0.15, 0.2) is 0 Å². The molecule has 0 unspecified atom stereocenters. The number of carbonyl (C=O) groups excluding carboxylic acids is 1. The third-order valence-corrected chi connectivity index (χ3v) is 3.89. The Labute approximate surface area is 105 Å². The van der Waals surface area contributed by atoms with E-state index in [1.54, 1.807) is 12.3 Å². The summed E-state index contributed by atoms with van der Waals surface area (Å²) in [5.41, 5.74) is 1.80. The van der Waals surface area contributed by atoms with Gasteiger partial charge >= 0.3 is 5.97 Å². The van der Waals surface area contributed by atoms with Crippen LogP contribution in [0.1, 0.15) is 15.2 Å². The summed E-state index contributed by atoms with van der Waals surface area (Å²) in [5.74, 6) is 0.329. The Kier molecular flexibility index (Phi) is 3.16. The molecular weight excluding hydrogens is 292 g/mol. The number of rotatable bonds is 2. The SMILES string of the molecule is COC(=O)c1scc(C)c1-c1occc1Br. The molecule has 0 fully saturated rings. The first-order chi connectivity index (χ1) is 7.65. The second-order valence-electron chi connectivity index (χ2n) is 3.21. The van der Waals surface area contributed by atoms with E-state index >= 15 is 0 Å². The van der Waals surface area contributed by atoms with E-state index in [-0.39, 0.29) is 5.97 Å². The first-order valence-corrected chi connectivity index (χ1v) is 6.22. The Morgan fingerprint density at radius 1 is 1.56 bits per heavy atom. The maximum atomic E-state index is 11.6. The number of carbonyl (C=O) groups is 1. The molecule has 2 heterocycles. The van der Waals surface area contributed by atoms with Crippen LogP contribution in [0.15, 0.2) is 26.6 Å². The average Bonchev–Trinajstić information content (AvgIpc) is 2.83. The Balaban J connectivity index is 2.60. The lowest BCUT2D eigenvalue weighted by molar-refractivity contribution is 0.0607. The summed E-state index contributed by atoms with van der Waals surface area (Å²) >= 11 is 4.75. The number of methoxy groups -OCH3 is 1. The van der Waals surface area contributed by atoms with Gasteiger partial charge in [-0.2, -0.15) is 0 Å². The van der Waals surface area contributed by atoms with Gasteiger partial charge in [0.1, 0.15) is 10.6 Å². The average molecular weight is 301 g/mol. The Hall–Kier alpha value is -1.07. The molecule has 0 radical (unpaired) electrons. The van der Waals surface area contributed by atoms with Crippen LogP contribution in [0.25, 0.3) is 11.3 Å². The highest BCUT2D eigenvalue weighted by molar-refractivity contribution is 9.10. The molecule has 16 heavy (non-hydrogen) atoms. The summed E-state index contributed by atoms with van der Waals surface area (Å²) in [4.78, 5) is 12.2. The molecule has 0 amide bonds. The maximum absolute atomic E-state index is 11.6. The van der Waals surface area contributed by atoms with E-state index in [1.807, 2.05) is 12.3 Å². The van der Waals surface area contributed by atoms with Crippen molar-refractivity contribution in [3.05, 3.63) is 32.6 Å². The van der Waals surface area contributed by atoms with Crippen molar-refractivity contribution in [1.82, 2.24) is 0 Å². The lowest BCUT2D eigenvalue weighted by Crippen LogP contribution is -2.00. The number of esters is 1. The fraction of sp³-hybridized carbons (Fsp3) is 0.182. The van der Waals surface area contributed by atoms with Crippen molar-refractivity contribution in [1.29, 1.82) is 0 Å². The fourth-order valence-corrected chi connectivity index (χ4v) is 2.80. The van der Waals surface area contributed by atoms with Gasteiger partial charge < -0.3 is 9.15 Å². The zero-order valence-electron chi connectivity index (χ0n) is 8.74. The number of hydrogen-bond acceptors (Lipinski definition) is 4. The van der Waals surface area contributed by atoms with E-state index in [0.29, 0.717) is 10.6 Å². The van der Waals surface area contributed by atoms with Crippen LogP contribution in [-0.4, -0.2) is 13.1 Å². The molecule has 2 rings (SSSR count). The molecule has 0 saturated heterocycles. The lowest BCUT2D eigenvalue weighted by Gasteiger charge is -2.01. The molecule has 0 atom stereocenters. The molecule has 0 aliphatic heterocycles. The Morgan fingerprint density at radius 2 is 2.31 bits per heavy atom. The normalized spacial score (nSPS) is 10.4. The molecule has 84 valence electrons. The van der Waals surface area contributed by atoms with Crippen molar-refractivity contribution in [2.45, 2.75) is 6.92 Å². The largest absolute Gasteiger partial charge is 0.465 e. The van der Waals surface area contributed by atoms with Crippen LogP contribution < -0.4 is 0 Å². The molecule has 0 aliphatic rings. The third kappa shape index (κ3) is 1.81. The van der Waals surface area contributed by atoms with Crippen molar-refractivity contribution in [3.8, 4) is 11.3 Å². The summed E-state index contributed by atoms with van der Waals surface area (Å²) in [6, 6.07) is 1.80. The van der Waals surface area contributed by atoms with Gasteiger partial charge in [-0.25, -0.2) is 4.79 Å². The highest BCUT2D eigenvalue weighted by Gasteiger charge is 2.21. The maximum Gasteiger partial charge on any atom is 0.348 e. The standard InChI is InChI=1S/C11H9BrO3S/c1-6-5-16-10(11(13)14-2)8(6)9-7(12)3-4-15-9/h3-5H,1-2H3. The van der Waals surface area contributed by atoms with E-state index in [1.165, 1.54) is 18.4 Å². The number of halogens is 1. The predicted octanol–water partition coefficient (Wildman–Crippen LogP) is 3.87. The first-order valence-electron chi connectivity index (χ1n) is 4.55. The van der Waals surface area contributed by atoms with Crippen LogP contribution in [0.5, 0.6) is 0 Å². The monoisotopic (exact) mass is 300 g/mol. The van der Waals surface area contributed by atoms with Gasteiger partial charge in [0.2, 0.25) is 0 Å². The van der Waals surface area contributed by atoms with Gasteiger partial charge in [-0.3, -0.25) is 0 Å². The van der Waals surface area contributed by atoms with Crippen LogP contribution >= 0.6 is 27.3 Å². The smallest absolute Gasteiger partial charge is 0.348 e. The molecule has 2 aromatic rings. The van der Waals surface area contributed by atoms with E-state index in [9.17, 15) is 4.79 Å². The minimum Gasteiger partial charge on any atom is -0.465 e. The highest BCUT2D eigenvalue weighted by Crippen LogP contribution is 2.37. The number of hydrogen-bond donors (Lipinski definition) is 0. The minimum absolute atomic E-state index is 0.337. The van der Waals surface area contributed by atoms with Gasteiger partial charge in [0.05, 0.1) is 17.8 Å². The Morgan fingerprint density at radius 3 is 2.88 bits per heavy atom. The zero-order chi connectivity index (χ0) is 11.7.